The Morgan fingerprint density at radius 2 is 2.06 bits per heavy atom. The van der Waals surface area contributed by atoms with Gasteiger partial charge in [0.1, 0.15) is 0 Å². The van der Waals surface area contributed by atoms with Crippen LogP contribution in [0, 0.1) is 12.0 Å². The molecule has 0 unspecified atom stereocenters. The third kappa shape index (κ3) is 2.09. The maximum absolute atomic E-state index is 7.04. The lowest BCUT2D eigenvalue weighted by atomic mass is 9.88. The summed E-state index contributed by atoms with van der Waals surface area (Å²) in [5.74, 6) is 0. The van der Waals surface area contributed by atoms with Crippen LogP contribution in [0.25, 0.3) is 15.7 Å². The molecule has 0 aliphatic carbocycles. The van der Waals surface area contributed by atoms with Gasteiger partial charge in [0.15, 0.2) is 5.69 Å². The van der Waals surface area contributed by atoms with Crippen molar-refractivity contribution in [3.05, 3.63) is 41.4 Å². The highest BCUT2D eigenvalue weighted by molar-refractivity contribution is 5.86. The van der Waals surface area contributed by atoms with Crippen molar-refractivity contribution >= 4 is 16.6 Å². The van der Waals surface area contributed by atoms with Crippen molar-refractivity contribution in [2.45, 2.75) is 27.2 Å². The number of nitrogens with zero attached hydrogens (tertiary/aromatic N) is 1. The number of H-pyrrole nitrogens is 1. The molecule has 0 radical (unpaired) electrons. The highest BCUT2D eigenvalue weighted by atomic mass is 14.7. The molecule has 82 valence electrons. The summed E-state index contributed by atoms with van der Waals surface area (Å²) in [7, 11) is 0. The Hall–Kier alpha value is -1.75. The number of nitrogens with one attached hydrogen (secondary N) is 1. The van der Waals surface area contributed by atoms with E-state index in [-0.39, 0.29) is 5.41 Å². The van der Waals surface area contributed by atoms with E-state index in [1.54, 1.807) is 0 Å². The van der Waals surface area contributed by atoms with E-state index in [2.05, 4.69) is 36.8 Å². The van der Waals surface area contributed by atoms with E-state index in [1.807, 2.05) is 18.2 Å². The summed E-state index contributed by atoms with van der Waals surface area (Å²) < 4.78 is 0. The zero-order chi connectivity index (χ0) is 11.8. The lowest BCUT2D eigenvalue weighted by Gasteiger charge is -2.17. The summed E-state index contributed by atoms with van der Waals surface area (Å²) in [5, 5.41) is 1.18. The lowest BCUT2D eigenvalue weighted by Crippen LogP contribution is -2.08. The summed E-state index contributed by atoms with van der Waals surface area (Å²) in [6.45, 7) is 13.7. The highest BCUT2D eigenvalue weighted by Crippen LogP contribution is 2.29. The van der Waals surface area contributed by atoms with Gasteiger partial charge in [-0.05, 0) is 34.9 Å². The lowest BCUT2D eigenvalue weighted by molar-refractivity contribution is 0.412. The molecule has 2 aromatic rings. The van der Waals surface area contributed by atoms with Crippen LogP contribution in [0.5, 0.6) is 0 Å². The van der Waals surface area contributed by atoms with Crippen LogP contribution >= 0.6 is 0 Å². The van der Waals surface area contributed by atoms with Gasteiger partial charge in [-0.2, -0.15) is 0 Å². The first-order valence-electron chi connectivity index (χ1n) is 5.47. The minimum absolute atomic E-state index is 0.267. The Morgan fingerprint density at radius 1 is 1.31 bits per heavy atom. The number of rotatable bonds is 1. The first-order chi connectivity index (χ1) is 7.49. The van der Waals surface area contributed by atoms with E-state index in [1.165, 1.54) is 10.9 Å². The second kappa shape index (κ2) is 3.68. The molecule has 0 atom stereocenters. The standard InChI is InChI=1S/C14H16N2/c1-14(2,3)8-10-9-16-13-6-5-11(15-4)7-12(10)13/h5-7,9,16H,8H2,1-3H3. The quantitative estimate of drug-likeness (QED) is 0.680. The van der Waals surface area contributed by atoms with Crippen LogP contribution in [-0.4, -0.2) is 4.98 Å². The minimum atomic E-state index is 0.267. The first-order valence-corrected chi connectivity index (χ1v) is 5.47. The van der Waals surface area contributed by atoms with E-state index in [4.69, 9.17) is 6.57 Å². The second-order valence-corrected chi connectivity index (χ2v) is 5.39. The Bertz CT molecular complexity index is 550. The fourth-order valence-electron chi connectivity index (χ4n) is 1.95. The van der Waals surface area contributed by atoms with Gasteiger partial charge in [-0.3, -0.25) is 0 Å². The van der Waals surface area contributed by atoms with Gasteiger partial charge in [-0.15, -0.1) is 0 Å². The van der Waals surface area contributed by atoms with Crippen molar-refractivity contribution in [1.29, 1.82) is 0 Å². The summed E-state index contributed by atoms with van der Waals surface area (Å²) in [6, 6.07) is 5.81. The third-order valence-electron chi connectivity index (χ3n) is 2.60. The van der Waals surface area contributed by atoms with Crippen LogP contribution < -0.4 is 0 Å². The summed E-state index contributed by atoms with van der Waals surface area (Å²) in [4.78, 5) is 6.73. The van der Waals surface area contributed by atoms with Crippen LogP contribution in [-0.2, 0) is 6.42 Å². The minimum Gasteiger partial charge on any atom is -0.361 e. The summed E-state index contributed by atoms with van der Waals surface area (Å²) in [5.41, 5.74) is 3.39. The van der Waals surface area contributed by atoms with Crippen molar-refractivity contribution in [2.24, 2.45) is 5.41 Å². The largest absolute Gasteiger partial charge is 0.361 e. The zero-order valence-electron chi connectivity index (χ0n) is 9.96. The summed E-state index contributed by atoms with van der Waals surface area (Å²) >= 11 is 0. The van der Waals surface area contributed by atoms with Crippen molar-refractivity contribution in [1.82, 2.24) is 4.98 Å². The van der Waals surface area contributed by atoms with Gasteiger partial charge in [0.2, 0.25) is 0 Å². The molecular formula is C14H16N2. The molecule has 0 saturated carbocycles. The smallest absolute Gasteiger partial charge is 0.187 e. The van der Waals surface area contributed by atoms with Gasteiger partial charge in [0.25, 0.3) is 0 Å². The SMILES string of the molecule is [C-]#[N+]c1ccc2[nH]cc(CC(C)(C)C)c2c1. The molecule has 0 aliphatic heterocycles. The zero-order valence-corrected chi connectivity index (χ0v) is 9.96. The molecule has 1 aromatic heterocycles. The normalized spacial score (nSPS) is 11.6. The number of hydrogen-bond acceptors (Lipinski definition) is 0. The second-order valence-electron chi connectivity index (χ2n) is 5.39. The molecular weight excluding hydrogens is 196 g/mol. The monoisotopic (exact) mass is 212 g/mol. The van der Waals surface area contributed by atoms with Crippen molar-refractivity contribution in [3.63, 3.8) is 0 Å². The van der Waals surface area contributed by atoms with Gasteiger partial charge in [0, 0.05) is 11.7 Å². The van der Waals surface area contributed by atoms with Crippen molar-refractivity contribution in [2.75, 3.05) is 0 Å². The van der Waals surface area contributed by atoms with Crippen LogP contribution in [0.4, 0.5) is 5.69 Å². The Kier molecular flexibility index (Phi) is 2.47. The molecule has 1 aromatic carbocycles. The third-order valence-corrected chi connectivity index (χ3v) is 2.60. The fourth-order valence-corrected chi connectivity index (χ4v) is 1.95. The average Bonchev–Trinajstić information content (AvgIpc) is 2.58. The van der Waals surface area contributed by atoms with Crippen molar-refractivity contribution < 1.29 is 0 Å². The molecule has 2 nitrogen and oxygen atoms in total. The van der Waals surface area contributed by atoms with Gasteiger partial charge in [-0.25, -0.2) is 4.85 Å². The van der Waals surface area contributed by atoms with Crippen LogP contribution in [0.15, 0.2) is 24.4 Å². The molecule has 2 heteroatoms. The van der Waals surface area contributed by atoms with Crippen LogP contribution in [0.1, 0.15) is 26.3 Å². The van der Waals surface area contributed by atoms with Gasteiger partial charge in [0.05, 0.1) is 6.57 Å². The fraction of sp³-hybridized carbons (Fsp3) is 0.357. The molecule has 0 aliphatic rings. The number of aromatic nitrogens is 1. The Labute approximate surface area is 96.1 Å². The molecule has 0 bridgehead atoms. The number of benzene rings is 1. The van der Waals surface area contributed by atoms with E-state index in [0.29, 0.717) is 5.69 Å². The van der Waals surface area contributed by atoms with Gasteiger partial charge < -0.3 is 4.98 Å². The molecule has 0 spiro atoms. The van der Waals surface area contributed by atoms with E-state index in [9.17, 15) is 0 Å². The van der Waals surface area contributed by atoms with E-state index in [0.717, 1.165) is 11.9 Å². The number of aromatic amines is 1. The Morgan fingerprint density at radius 3 is 2.69 bits per heavy atom. The number of fused-ring (bicyclic) bond motifs is 1. The maximum Gasteiger partial charge on any atom is 0.187 e. The van der Waals surface area contributed by atoms with Gasteiger partial charge >= 0.3 is 0 Å². The predicted octanol–water partition coefficient (Wildman–Crippen LogP) is 4.31. The molecule has 1 N–H and O–H groups in total. The van der Waals surface area contributed by atoms with Crippen LogP contribution in [0.3, 0.4) is 0 Å². The molecule has 0 saturated heterocycles. The molecule has 2 rings (SSSR count). The molecule has 0 amide bonds. The summed E-state index contributed by atoms with van der Waals surface area (Å²) in [6.07, 6.45) is 3.08. The van der Waals surface area contributed by atoms with Crippen molar-refractivity contribution in [3.8, 4) is 0 Å². The molecule has 1 heterocycles. The first kappa shape index (κ1) is 10.8. The molecule has 0 fully saturated rings. The highest BCUT2D eigenvalue weighted by Gasteiger charge is 2.14. The number of hydrogen-bond donors (Lipinski definition) is 1. The molecule has 16 heavy (non-hydrogen) atoms. The van der Waals surface area contributed by atoms with E-state index >= 15 is 0 Å². The van der Waals surface area contributed by atoms with Gasteiger partial charge in [-0.1, -0.05) is 26.8 Å². The Balaban J connectivity index is 2.51. The predicted molar refractivity (Wildman–Crippen MR) is 67.7 cm³/mol. The topological polar surface area (TPSA) is 20.1 Å². The van der Waals surface area contributed by atoms with Crippen LogP contribution in [0.2, 0.25) is 0 Å². The maximum atomic E-state index is 7.04. The van der Waals surface area contributed by atoms with E-state index < -0.39 is 0 Å². The average molecular weight is 212 g/mol.